The second-order valence-electron chi connectivity index (χ2n) is 8.10. The summed E-state index contributed by atoms with van der Waals surface area (Å²) in [7, 11) is 0. The number of benzene rings is 2. The highest BCUT2D eigenvalue weighted by Gasteiger charge is 2.41. The fourth-order valence-corrected chi connectivity index (χ4v) is 4.72. The van der Waals surface area contributed by atoms with Gasteiger partial charge in [-0.15, -0.1) is 0 Å². The lowest BCUT2D eigenvalue weighted by Crippen LogP contribution is -2.35. The summed E-state index contributed by atoms with van der Waals surface area (Å²) in [6.07, 6.45) is -14.8. The predicted octanol–water partition coefficient (Wildman–Crippen LogP) is 9.84. The monoisotopic (exact) mass is 693 g/mol. The normalized spacial score (nSPS) is 14.8. The van der Waals surface area contributed by atoms with Gasteiger partial charge >= 0.3 is 18.5 Å². The third-order valence-electron chi connectivity index (χ3n) is 4.89. The molecule has 0 aliphatic carbocycles. The molecular weight excluding hydrogens is 679 g/mol. The van der Waals surface area contributed by atoms with Gasteiger partial charge in [0.15, 0.2) is 0 Å². The Morgan fingerprint density at radius 3 is 2.08 bits per heavy atom. The lowest BCUT2D eigenvalue weighted by Gasteiger charge is -2.20. The van der Waals surface area contributed by atoms with Crippen molar-refractivity contribution in [2.24, 2.45) is 0 Å². The van der Waals surface area contributed by atoms with Crippen LogP contribution in [0.15, 0.2) is 40.9 Å². The van der Waals surface area contributed by atoms with Crippen LogP contribution in [0.3, 0.4) is 0 Å². The minimum atomic E-state index is -5.23. The Balaban J connectivity index is 2.42. The van der Waals surface area contributed by atoms with Gasteiger partial charge in [0.05, 0.1) is 31.4 Å². The number of amides is 1. The van der Waals surface area contributed by atoms with E-state index in [2.05, 4.69) is 21.2 Å². The first-order chi connectivity index (χ1) is 17.7. The fraction of sp³-hybridized carbons (Fsp3) is 0.348. The molecule has 1 N–H and O–H groups in total. The number of thioether (sulfide) groups is 1. The van der Waals surface area contributed by atoms with Crippen LogP contribution in [-0.4, -0.2) is 35.8 Å². The fourth-order valence-electron chi connectivity index (χ4n) is 3.20. The Morgan fingerprint density at radius 2 is 1.59 bits per heavy atom. The highest BCUT2D eigenvalue weighted by atomic mass is 79.9. The molecule has 39 heavy (non-hydrogen) atoms. The van der Waals surface area contributed by atoms with E-state index >= 15 is 0 Å². The molecule has 0 radical (unpaired) electrons. The maximum atomic E-state index is 15.0. The van der Waals surface area contributed by atoms with Crippen molar-refractivity contribution in [1.29, 1.82) is 0 Å². The Bertz CT molecular complexity index is 1210. The third kappa shape index (κ3) is 9.75. The van der Waals surface area contributed by atoms with E-state index < -0.39 is 70.2 Å². The van der Waals surface area contributed by atoms with E-state index in [-0.39, 0.29) is 32.4 Å². The second kappa shape index (κ2) is 12.9. The largest absolute Gasteiger partial charge is 0.417 e. The van der Waals surface area contributed by atoms with Crippen LogP contribution in [0.1, 0.15) is 39.9 Å². The molecule has 16 heteroatoms. The van der Waals surface area contributed by atoms with Crippen LogP contribution < -0.4 is 5.32 Å². The summed E-state index contributed by atoms with van der Waals surface area (Å²) in [4.78, 5) is 12.4. The molecule has 1 unspecified atom stereocenters. The Morgan fingerprint density at radius 1 is 1.03 bits per heavy atom. The van der Waals surface area contributed by atoms with Gasteiger partial charge in [-0.05, 0) is 58.8 Å². The number of alkyl halides is 9. The highest BCUT2D eigenvalue weighted by Crippen LogP contribution is 2.43. The molecule has 2 atom stereocenters. The topological polar surface area (TPSA) is 29.1 Å². The third-order valence-corrected chi connectivity index (χ3v) is 8.06. The maximum absolute atomic E-state index is 15.0. The molecule has 216 valence electrons. The van der Waals surface area contributed by atoms with Crippen LogP contribution in [0.25, 0.3) is 5.83 Å². The minimum Gasteiger partial charge on any atom is -0.349 e. The molecule has 2 rings (SSSR count). The van der Waals surface area contributed by atoms with Gasteiger partial charge in [0.25, 0.3) is 5.91 Å². The summed E-state index contributed by atoms with van der Waals surface area (Å²) in [6.45, 7) is 1.27. The first kappa shape index (κ1) is 33.6. The predicted molar refractivity (Wildman–Crippen MR) is 134 cm³/mol. The number of hydrogen-bond donors (Lipinski definition) is 1. The van der Waals surface area contributed by atoms with Gasteiger partial charge in [0, 0.05) is 17.4 Å². The van der Waals surface area contributed by atoms with Crippen LogP contribution in [0, 0.1) is 0 Å². The Labute approximate surface area is 238 Å². The molecule has 0 saturated carbocycles. The van der Waals surface area contributed by atoms with Crippen LogP contribution in [0.5, 0.6) is 0 Å². The van der Waals surface area contributed by atoms with Gasteiger partial charge in [-0.3, -0.25) is 4.79 Å². The number of carbonyl (C=O) groups is 1. The lowest BCUT2D eigenvalue weighted by atomic mass is 9.95. The second-order valence-corrected chi connectivity index (χ2v) is 10.7. The van der Waals surface area contributed by atoms with Crippen molar-refractivity contribution in [2.45, 2.75) is 37.4 Å². The molecule has 0 aliphatic heterocycles. The summed E-state index contributed by atoms with van der Waals surface area (Å²) in [5.41, 5.74) is -4.14. The van der Waals surface area contributed by atoms with Crippen molar-refractivity contribution >= 4 is 62.6 Å². The van der Waals surface area contributed by atoms with E-state index in [0.717, 1.165) is 12.1 Å². The standard InChI is InChI=1S/C23H16BrCl2F10NOS/c1-10(8-39-9-21(28,29)30)37-20(38)13-3-2-11(4-15(13)23(34,35)36)18(27)7-14(22(31,32)33)12-5-16(25)19(24)17(26)6-12/h2-7,10,14H,8-9H2,1H3,(H,37,38)/b18-7-/t10-,14?/m1/s1. The van der Waals surface area contributed by atoms with Gasteiger partial charge in [-0.1, -0.05) is 29.3 Å². The van der Waals surface area contributed by atoms with E-state index in [1.165, 1.54) is 6.92 Å². The molecule has 0 aliphatic rings. The molecule has 0 saturated heterocycles. The van der Waals surface area contributed by atoms with Gasteiger partial charge in [0.2, 0.25) is 0 Å². The summed E-state index contributed by atoms with van der Waals surface area (Å²) in [6, 6.07) is 2.16. The summed E-state index contributed by atoms with van der Waals surface area (Å²) in [5.74, 6) is -7.15. The van der Waals surface area contributed by atoms with Crippen LogP contribution >= 0.6 is 50.9 Å². The average molecular weight is 695 g/mol. The van der Waals surface area contributed by atoms with E-state index in [4.69, 9.17) is 23.2 Å². The molecule has 1 amide bonds. The molecule has 2 aromatic rings. The van der Waals surface area contributed by atoms with Crippen molar-refractivity contribution in [1.82, 2.24) is 5.32 Å². The first-order valence-electron chi connectivity index (χ1n) is 10.5. The first-order valence-corrected chi connectivity index (χ1v) is 13.2. The van der Waals surface area contributed by atoms with E-state index in [1.807, 2.05) is 0 Å². The van der Waals surface area contributed by atoms with Crippen molar-refractivity contribution in [3.8, 4) is 0 Å². The molecule has 2 aromatic carbocycles. The molecule has 0 fully saturated rings. The number of rotatable bonds is 8. The van der Waals surface area contributed by atoms with E-state index in [1.54, 1.807) is 0 Å². The quantitative estimate of drug-likeness (QED) is 0.220. The Hall–Kier alpha value is -1.64. The van der Waals surface area contributed by atoms with Crippen LogP contribution in [0.2, 0.25) is 10.0 Å². The zero-order valence-corrected chi connectivity index (χ0v) is 23.2. The number of nitrogens with one attached hydrogen (secondary N) is 1. The smallest absolute Gasteiger partial charge is 0.349 e. The molecule has 0 heterocycles. The van der Waals surface area contributed by atoms with Gasteiger partial charge < -0.3 is 5.32 Å². The summed E-state index contributed by atoms with van der Waals surface area (Å²) < 4.78 is 134. The minimum absolute atomic E-state index is 0.0467. The maximum Gasteiger partial charge on any atom is 0.417 e. The average Bonchev–Trinajstić information content (AvgIpc) is 2.77. The summed E-state index contributed by atoms with van der Waals surface area (Å²) in [5, 5.41) is 1.68. The number of hydrogen-bond acceptors (Lipinski definition) is 2. The van der Waals surface area contributed by atoms with Gasteiger partial charge in [0.1, 0.15) is 11.7 Å². The molecule has 0 bridgehead atoms. The van der Waals surface area contributed by atoms with Crippen molar-refractivity contribution in [3.05, 3.63) is 73.2 Å². The van der Waals surface area contributed by atoms with E-state index in [0.29, 0.717) is 23.9 Å². The number of allylic oxidation sites excluding steroid dienone is 1. The van der Waals surface area contributed by atoms with Gasteiger partial charge in [-0.25, -0.2) is 4.39 Å². The molecule has 0 aromatic heterocycles. The molecular formula is C23H16BrCl2F10NOS. The zero-order chi connectivity index (χ0) is 29.9. The summed E-state index contributed by atoms with van der Waals surface area (Å²) >= 11 is 15.0. The van der Waals surface area contributed by atoms with Crippen molar-refractivity contribution < 1.29 is 48.7 Å². The molecule has 0 spiro atoms. The van der Waals surface area contributed by atoms with Crippen molar-refractivity contribution in [2.75, 3.05) is 11.5 Å². The molecule has 2 nitrogen and oxygen atoms in total. The lowest BCUT2D eigenvalue weighted by molar-refractivity contribution is -0.140. The van der Waals surface area contributed by atoms with Crippen LogP contribution in [0.4, 0.5) is 43.9 Å². The van der Waals surface area contributed by atoms with Crippen molar-refractivity contribution in [3.63, 3.8) is 0 Å². The van der Waals surface area contributed by atoms with E-state index in [9.17, 15) is 48.7 Å². The zero-order valence-electron chi connectivity index (χ0n) is 19.3. The highest BCUT2D eigenvalue weighted by molar-refractivity contribution is 9.10. The number of carbonyl (C=O) groups excluding carboxylic acids is 1. The number of halogens is 13. The van der Waals surface area contributed by atoms with Crippen LogP contribution in [-0.2, 0) is 6.18 Å². The SMILES string of the molecule is C[C@H](CSCC(F)(F)F)NC(=O)c1ccc(/C(F)=C/C(c2cc(Cl)c(Br)c(Cl)c2)C(F)(F)F)cc1C(F)(F)F. The Kier molecular flexibility index (Phi) is 11.1. The van der Waals surface area contributed by atoms with Gasteiger partial charge in [-0.2, -0.15) is 51.3 Å².